The Bertz CT molecular complexity index is 222. The molecule has 0 atom stereocenters. The van der Waals surface area contributed by atoms with E-state index in [0.717, 1.165) is 17.2 Å². The Hall–Kier alpha value is -0.410. The Labute approximate surface area is 74.6 Å². The zero-order valence-electron chi connectivity index (χ0n) is 5.92. The molecule has 1 aromatic heterocycles. The van der Waals surface area contributed by atoms with Crippen molar-refractivity contribution >= 4 is 23.4 Å². The molecule has 0 radical (unpaired) electrons. The standard InChI is InChI=1S/C7H8ClNOS/c1-6(8)4-11-5-7-2-3-10-9-7/h2-3H,1,4-5H2. The largest absolute Gasteiger partial charge is 0.364 e. The maximum atomic E-state index is 5.56. The lowest BCUT2D eigenvalue weighted by Crippen LogP contribution is -1.81. The Morgan fingerprint density at radius 1 is 1.82 bits per heavy atom. The van der Waals surface area contributed by atoms with Gasteiger partial charge in [0, 0.05) is 22.6 Å². The van der Waals surface area contributed by atoms with Crippen LogP contribution in [0.4, 0.5) is 0 Å². The molecule has 2 nitrogen and oxygen atoms in total. The van der Waals surface area contributed by atoms with Gasteiger partial charge in [-0.05, 0) is 0 Å². The van der Waals surface area contributed by atoms with E-state index in [9.17, 15) is 0 Å². The van der Waals surface area contributed by atoms with E-state index in [1.807, 2.05) is 6.07 Å². The molecule has 0 aromatic carbocycles. The van der Waals surface area contributed by atoms with Crippen molar-refractivity contribution in [2.45, 2.75) is 5.75 Å². The zero-order valence-corrected chi connectivity index (χ0v) is 7.49. The van der Waals surface area contributed by atoms with Crippen molar-refractivity contribution in [2.24, 2.45) is 0 Å². The van der Waals surface area contributed by atoms with Crippen LogP contribution in [0.5, 0.6) is 0 Å². The normalized spacial score (nSPS) is 9.91. The van der Waals surface area contributed by atoms with E-state index in [1.54, 1.807) is 18.0 Å². The average Bonchev–Trinajstić information content (AvgIpc) is 2.39. The molecule has 4 heteroatoms. The molecular weight excluding hydrogens is 182 g/mol. The van der Waals surface area contributed by atoms with Crippen LogP contribution in [0.3, 0.4) is 0 Å². The maximum Gasteiger partial charge on any atom is 0.124 e. The quantitative estimate of drug-likeness (QED) is 0.729. The highest BCUT2D eigenvalue weighted by atomic mass is 35.5. The first-order valence-electron chi connectivity index (χ1n) is 3.09. The number of nitrogens with zero attached hydrogens (tertiary/aromatic N) is 1. The van der Waals surface area contributed by atoms with Crippen molar-refractivity contribution in [3.8, 4) is 0 Å². The molecule has 0 aliphatic rings. The van der Waals surface area contributed by atoms with E-state index in [0.29, 0.717) is 5.03 Å². The highest BCUT2D eigenvalue weighted by Gasteiger charge is 1.96. The number of rotatable bonds is 4. The second-order valence-electron chi connectivity index (χ2n) is 2.00. The topological polar surface area (TPSA) is 26.0 Å². The van der Waals surface area contributed by atoms with Gasteiger partial charge in [0.1, 0.15) is 6.26 Å². The second-order valence-corrected chi connectivity index (χ2v) is 3.52. The third kappa shape index (κ3) is 3.49. The molecule has 0 fully saturated rings. The molecule has 0 bridgehead atoms. The molecule has 0 aliphatic heterocycles. The van der Waals surface area contributed by atoms with Gasteiger partial charge in [-0.2, -0.15) is 0 Å². The van der Waals surface area contributed by atoms with Crippen LogP contribution in [0, 0.1) is 0 Å². The third-order valence-corrected chi connectivity index (χ3v) is 2.34. The van der Waals surface area contributed by atoms with Gasteiger partial charge in [0.25, 0.3) is 0 Å². The maximum absolute atomic E-state index is 5.56. The van der Waals surface area contributed by atoms with Crippen molar-refractivity contribution in [2.75, 3.05) is 5.75 Å². The first kappa shape index (κ1) is 8.68. The Morgan fingerprint density at radius 2 is 2.64 bits per heavy atom. The number of hydrogen-bond donors (Lipinski definition) is 0. The number of thioether (sulfide) groups is 1. The van der Waals surface area contributed by atoms with Crippen LogP contribution in [0.2, 0.25) is 0 Å². The van der Waals surface area contributed by atoms with E-state index >= 15 is 0 Å². The number of hydrogen-bond acceptors (Lipinski definition) is 3. The van der Waals surface area contributed by atoms with Crippen molar-refractivity contribution in [3.05, 3.63) is 29.6 Å². The van der Waals surface area contributed by atoms with Gasteiger partial charge in [-0.1, -0.05) is 23.3 Å². The second kappa shape index (κ2) is 4.46. The minimum Gasteiger partial charge on any atom is -0.364 e. The Kier molecular flexibility index (Phi) is 3.52. The summed E-state index contributed by atoms with van der Waals surface area (Å²) in [5.41, 5.74) is 0.938. The fourth-order valence-corrected chi connectivity index (χ4v) is 1.49. The zero-order chi connectivity index (χ0) is 8.10. The highest BCUT2D eigenvalue weighted by molar-refractivity contribution is 7.98. The third-order valence-electron chi connectivity index (χ3n) is 1.000. The minimum atomic E-state index is 0.665. The SMILES string of the molecule is C=C(Cl)CSCc1ccon1. The van der Waals surface area contributed by atoms with Crippen LogP contribution in [-0.2, 0) is 5.75 Å². The van der Waals surface area contributed by atoms with Crippen LogP contribution in [0.1, 0.15) is 5.69 Å². The summed E-state index contributed by atoms with van der Waals surface area (Å²) >= 11 is 7.22. The summed E-state index contributed by atoms with van der Waals surface area (Å²) in [5, 5.41) is 4.41. The fraction of sp³-hybridized carbons (Fsp3) is 0.286. The van der Waals surface area contributed by atoms with Gasteiger partial charge < -0.3 is 4.52 Å². The average molecular weight is 190 g/mol. The van der Waals surface area contributed by atoms with E-state index in [-0.39, 0.29) is 0 Å². The predicted molar refractivity (Wildman–Crippen MR) is 47.7 cm³/mol. The van der Waals surface area contributed by atoms with E-state index in [2.05, 4.69) is 16.3 Å². The Morgan fingerprint density at radius 3 is 3.18 bits per heavy atom. The molecule has 0 saturated carbocycles. The summed E-state index contributed by atoms with van der Waals surface area (Å²) in [6, 6.07) is 1.84. The van der Waals surface area contributed by atoms with Crippen LogP contribution in [0.25, 0.3) is 0 Å². The molecule has 60 valence electrons. The first-order chi connectivity index (χ1) is 5.29. The molecule has 0 N–H and O–H groups in total. The molecule has 11 heavy (non-hydrogen) atoms. The lowest BCUT2D eigenvalue weighted by molar-refractivity contribution is 0.414. The lowest BCUT2D eigenvalue weighted by Gasteiger charge is -1.93. The van der Waals surface area contributed by atoms with Crippen molar-refractivity contribution < 1.29 is 4.52 Å². The van der Waals surface area contributed by atoms with Gasteiger partial charge in [0.15, 0.2) is 0 Å². The van der Waals surface area contributed by atoms with Crippen LogP contribution < -0.4 is 0 Å². The van der Waals surface area contributed by atoms with Gasteiger partial charge in [0.05, 0.1) is 5.69 Å². The van der Waals surface area contributed by atoms with Gasteiger partial charge >= 0.3 is 0 Å². The first-order valence-corrected chi connectivity index (χ1v) is 4.62. The fourth-order valence-electron chi connectivity index (χ4n) is 0.578. The number of aromatic nitrogens is 1. The molecule has 0 spiro atoms. The molecule has 0 aliphatic carbocycles. The molecule has 0 unspecified atom stereocenters. The van der Waals surface area contributed by atoms with Crippen molar-refractivity contribution in [1.82, 2.24) is 5.16 Å². The van der Waals surface area contributed by atoms with Crippen molar-refractivity contribution in [3.63, 3.8) is 0 Å². The molecular formula is C7H8ClNOS. The van der Waals surface area contributed by atoms with Crippen LogP contribution in [-0.4, -0.2) is 10.9 Å². The Balaban J connectivity index is 2.19. The smallest absolute Gasteiger partial charge is 0.124 e. The summed E-state index contributed by atoms with van der Waals surface area (Å²) in [6.07, 6.45) is 1.56. The van der Waals surface area contributed by atoms with Crippen LogP contribution in [0.15, 0.2) is 28.5 Å². The lowest BCUT2D eigenvalue weighted by atomic mass is 10.5. The predicted octanol–water partition coefficient (Wildman–Crippen LogP) is 2.66. The summed E-state index contributed by atoms with van der Waals surface area (Å²) in [4.78, 5) is 0. The molecule has 1 aromatic rings. The molecule has 0 amide bonds. The van der Waals surface area contributed by atoms with Gasteiger partial charge in [-0.3, -0.25) is 0 Å². The minimum absolute atomic E-state index is 0.665. The van der Waals surface area contributed by atoms with Gasteiger partial charge in [0.2, 0.25) is 0 Å². The summed E-state index contributed by atoms with van der Waals surface area (Å²) < 4.78 is 4.65. The molecule has 0 saturated heterocycles. The van der Waals surface area contributed by atoms with Gasteiger partial charge in [-0.15, -0.1) is 11.8 Å². The van der Waals surface area contributed by atoms with Crippen LogP contribution >= 0.6 is 23.4 Å². The summed E-state index contributed by atoms with van der Waals surface area (Å²) in [7, 11) is 0. The van der Waals surface area contributed by atoms with Gasteiger partial charge in [-0.25, -0.2) is 0 Å². The number of halogens is 1. The monoisotopic (exact) mass is 189 g/mol. The van der Waals surface area contributed by atoms with E-state index < -0.39 is 0 Å². The molecule has 1 heterocycles. The molecule has 1 rings (SSSR count). The van der Waals surface area contributed by atoms with E-state index in [4.69, 9.17) is 11.6 Å². The van der Waals surface area contributed by atoms with Crippen molar-refractivity contribution in [1.29, 1.82) is 0 Å². The summed E-state index contributed by atoms with van der Waals surface area (Å²) in [5.74, 6) is 1.58. The highest BCUT2D eigenvalue weighted by Crippen LogP contribution is 2.14. The van der Waals surface area contributed by atoms with E-state index in [1.165, 1.54) is 0 Å². The summed E-state index contributed by atoms with van der Waals surface area (Å²) in [6.45, 7) is 3.57.